The van der Waals surface area contributed by atoms with Gasteiger partial charge in [-0.3, -0.25) is 0 Å². The van der Waals surface area contributed by atoms with Crippen molar-refractivity contribution in [2.24, 2.45) is 0 Å². The summed E-state index contributed by atoms with van der Waals surface area (Å²) in [5.74, 6) is 0. The molecule has 0 radical (unpaired) electrons. The topological polar surface area (TPSA) is 49.6 Å². The molecule has 0 aliphatic carbocycles. The molecule has 2 heterocycles. The normalized spacial score (nSPS) is 8.64. The first-order valence-corrected chi connectivity index (χ1v) is 4.52. The van der Waals surface area contributed by atoms with Gasteiger partial charge in [0.05, 0.1) is 0 Å². The molecular formula is C11H11N3. The molecule has 0 spiro atoms. The molecule has 0 aliphatic heterocycles. The van der Waals surface area contributed by atoms with Crippen LogP contribution in [0.15, 0.2) is 30.5 Å². The molecule has 70 valence electrons. The van der Waals surface area contributed by atoms with Gasteiger partial charge < -0.3 is 0 Å². The van der Waals surface area contributed by atoms with Crippen molar-refractivity contribution in [1.29, 1.82) is 5.26 Å². The molecule has 0 unspecified atom stereocenters. The molecule has 3 nitrogen and oxygen atoms in total. The van der Waals surface area contributed by atoms with Crippen molar-refractivity contribution >= 4 is 11.0 Å². The van der Waals surface area contributed by atoms with E-state index in [1.54, 1.807) is 12.3 Å². The highest BCUT2D eigenvalue weighted by Crippen LogP contribution is 2.07. The molecule has 14 heavy (non-hydrogen) atoms. The van der Waals surface area contributed by atoms with E-state index in [4.69, 9.17) is 5.26 Å². The van der Waals surface area contributed by atoms with Crippen molar-refractivity contribution in [2.75, 3.05) is 0 Å². The zero-order valence-electron chi connectivity index (χ0n) is 8.23. The zero-order valence-corrected chi connectivity index (χ0v) is 8.23. The van der Waals surface area contributed by atoms with Crippen LogP contribution < -0.4 is 0 Å². The summed E-state index contributed by atoms with van der Waals surface area (Å²) >= 11 is 0. The van der Waals surface area contributed by atoms with Crippen LogP contribution in [0.3, 0.4) is 0 Å². The van der Waals surface area contributed by atoms with Crippen molar-refractivity contribution in [3.05, 3.63) is 36.2 Å². The van der Waals surface area contributed by atoms with Gasteiger partial charge in [0.1, 0.15) is 11.8 Å². The number of hydrogen-bond acceptors (Lipinski definition) is 3. The molecule has 0 saturated heterocycles. The van der Waals surface area contributed by atoms with E-state index >= 15 is 0 Å². The van der Waals surface area contributed by atoms with E-state index in [1.807, 2.05) is 38.1 Å². The lowest BCUT2D eigenvalue weighted by Crippen LogP contribution is -1.85. The Morgan fingerprint density at radius 3 is 2.71 bits per heavy atom. The minimum Gasteiger partial charge on any atom is -0.237 e. The van der Waals surface area contributed by atoms with Crippen LogP contribution in [0.2, 0.25) is 0 Å². The van der Waals surface area contributed by atoms with Gasteiger partial charge in [0.15, 0.2) is 5.65 Å². The van der Waals surface area contributed by atoms with E-state index in [2.05, 4.69) is 9.97 Å². The first-order chi connectivity index (χ1) is 6.90. The molecule has 2 aromatic heterocycles. The van der Waals surface area contributed by atoms with Crippen LogP contribution in [-0.2, 0) is 0 Å². The highest BCUT2D eigenvalue weighted by molar-refractivity contribution is 5.74. The van der Waals surface area contributed by atoms with Crippen LogP contribution in [0.25, 0.3) is 11.0 Å². The van der Waals surface area contributed by atoms with Crippen molar-refractivity contribution in [1.82, 2.24) is 9.97 Å². The number of pyridine rings is 2. The Morgan fingerprint density at radius 2 is 2.00 bits per heavy atom. The SMILES string of the molecule is CC.N#Cc1ccc2cccnc2n1. The molecular weight excluding hydrogens is 174 g/mol. The maximum atomic E-state index is 8.56. The molecule has 0 saturated carbocycles. The minimum absolute atomic E-state index is 0.404. The molecule has 0 aromatic carbocycles. The van der Waals surface area contributed by atoms with Gasteiger partial charge in [0.2, 0.25) is 0 Å². The molecule has 0 bridgehead atoms. The third-order valence-electron chi connectivity index (χ3n) is 1.58. The highest BCUT2D eigenvalue weighted by atomic mass is 14.8. The van der Waals surface area contributed by atoms with Gasteiger partial charge in [-0.1, -0.05) is 13.8 Å². The lowest BCUT2D eigenvalue weighted by atomic mass is 10.2. The second kappa shape index (κ2) is 4.93. The Kier molecular flexibility index (Phi) is 3.57. The Labute approximate surface area is 83.0 Å². The minimum atomic E-state index is 0.404. The highest BCUT2D eigenvalue weighted by Gasteiger charge is 1.95. The van der Waals surface area contributed by atoms with E-state index < -0.39 is 0 Å². The fraction of sp³-hybridized carbons (Fsp3) is 0.182. The van der Waals surface area contributed by atoms with E-state index in [0.29, 0.717) is 11.3 Å². The van der Waals surface area contributed by atoms with Gasteiger partial charge >= 0.3 is 0 Å². The first-order valence-electron chi connectivity index (χ1n) is 4.52. The monoisotopic (exact) mass is 185 g/mol. The smallest absolute Gasteiger partial charge is 0.160 e. The molecule has 0 aliphatic rings. The largest absolute Gasteiger partial charge is 0.237 e. The van der Waals surface area contributed by atoms with E-state index in [-0.39, 0.29) is 0 Å². The standard InChI is InChI=1S/C9H5N3.C2H6/c10-6-8-4-3-7-2-1-5-11-9(7)12-8;1-2/h1-5H;1-2H3. The second-order valence-corrected chi connectivity index (χ2v) is 2.36. The van der Waals surface area contributed by atoms with Crippen LogP contribution in [0.1, 0.15) is 19.5 Å². The summed E-state index contributed by atoms with van der Waals surface area (Å²) in [4.78, 5) is 8.05. The maximum absolute atomic E-state index is 8.56. The number of fused-ring (bicyclic) bond motifs is 1. The van der Waals surface area contributed by atoms with Crippen molar-refractivity contribution < 1.29 is 0 Å². The Balaban J connectivity index is 0.000000461. The van der Waals surface area contributed by atoms with Crippen LogP contribution in [0.4, 0.5) is 0 Å². The van der Waals surface area contributed by atoms with E-state index in [9.17, 15) is 0 Å². The summed E-state index contributed by atoms with van der Waals surface area (Å²) in [7, 11) is 0. The Bertz CT molecular complexity index is 457. The van der Waals surface area contributed by atoms with Crippen molar-refractivity contribution in [3.63, 3.8) is 0 Å². The lowest BCUT2D eigenvalue weighted by Gasteiger charge is -1.93. The molecule has 0 fully saturated rings. The first kappa shape index (κ1) is 10.1. The Hall–Kier alpha value is -1.95. The number of nitrogens with zero attached hydrogens (tertiary/aromatic N) is 3. The van der Waals surface area contributed by atoms with Crippen LogP contribution >= 0.6 is 0 Å². The summed E-state index contributed by atoms with van der Waals surface area (Å²) in [6, 6.07) is 9.25. The summed E-state index contributed by atoms with van der Waals surface area (Å²) in [6.07, 6.45) is 1.66. The number of hydrogen-bond donors (Lipinski definition) is 0. The molecule has 2 rings (SSSR count). The predicted molar refractivity (Wildman–Crippen MR) is 55.6 cm³/mol. The number of rotatable bonds is 0. The third-order valence-corrected chi connectivity index (χ3v) is 1.58. The molecule has 0 amide bonds. The van der Waals surface area contributed by atoms with Crippen molar-refractivity contribution in [2.45, 2.75) is 13.8 Å². The number of aromatic nitrogens is 2. The summed E-state index contributed by atoms with van der Waals surface area (Å²) in [6.45, 7) is 4.00. The average Bonchev–Trinajstić information content (AvgIpc) is 2.31. The van der Waals surface area contributed by atoms with Crippen LogP contribution in [0.5, 0.6) is 0 Å². The lowest BCUT2D eigenvalue weighted by molar-refractivity contribution is 1.25. The second-order valence-electron chi connectivity index (χ2n) is 2.36. The average molecular weight is 185 g/mol. The maximum Gasteiger partial charge on any atom is 0.160 e. The van der Waals surface area contributed by atoms with E-state index in [1.165, 1.54) is 0 Å². The van der Waals surface area contributed by atoms with Gasteiger partial charge in [-0.15, -0.1) is 0 Å². The third kappa shape index (κ3) is 2.05. The summed E-state index contributed by atoms with van der Waals surface area (Å²) in [5.41, 5.74) is 1.03. The van der Waals surface area contributed by atoms with E-state index in [0.717, 1.165) is 5.39 Å². The van der Waals surface area contributed by atoms with Gasteiger partial charge in [-0.2, -0.15) is 5.26 Å². The van der Waals surface area contributed by atoms with Gasteiger partial charge in [0, 0.05) is 11.6 Å². The van der Waals surface area contributed by atoms with Gasteiger partial charge in [0.25, 0.3) is 0 Å². The van der Waals surface area contributed by atoms with Crippen molar-refractivity contribution in [3.8, 4) is 6.07 Å². The fourth-order valence-corrected chi connectivity index (χ4v) is 1.02. The predicted octanol–water partition coefficient (Wildman–Crippen LogP) is 2.53. The Morgan fingerprint density at radius 1 is 1.21 bits per heavy atom. The quantitative estimate of drug-likeness (QED) is 0.633. The van der Waals surface area contributed by atoms with Gasteiger partial charge in [-0.25, -0.2) is 9.97 Å². The van der Waals surface area contributed by atoms with Crippen LogP contribution in [-0.4, -0.2) is 9.97 Å². The zero-order chi connectivity index (χ0) is 10.4. The summed E-state index contributed by atoms with van der Waals surface area (Å²) < 4.78 is 0. The molecule has 2 aromatic rings. The van der Waals surface area contributed by atoms with Gasteiger partial charge in [-0.05, 0) is 24.3 Å². The molecule has 0 N–H and O–H groups in total. The summed E-state index contributed by atoms with van der Waals surface area (Å²) in [5, 5.41) is 9.51. The van der Waals surface area contributed by atoms with Crippen LogP contribution in [0, 0.1) is 11.3 Å². The fourth-order valence-electron chi connectivity index (χ4n) is 1.02. The number of nitriles is 1. The molecule has 0 atom stereocenters. The molecule has 3 heteroatoms.